The molecule has 0 unspecified atom stereocenters. The molecule has 0 radical (unpaired) electrons. The van der Waals surface area contributed by atoms with Gasteiger partial charge in [0.2, 0.25) is 0 Å². The van der Waals surface area contributed by atoms with Crippen molar-refractivity contribution in [2.45, 2.75) is 63.7 Å². The Morgan fingerprint density at radius 2 is 1.83 bits per heavy atom. The fourth-order valence-electron chi connectivity index (χ4n) is 4.14. The average Bonchev–Trinajstić information content (AvgIpc) is 3.27. The molecule has 1 aliphatic carbocycles. The van der Waals surface area contributed by atoms with Gasteiger partial charge in [0.1, 0.15) is 5.75 Å². The Morgan fingerprint density at radius 3 is 2.55 bits per heavy atom. The van der Waals surface area contributed by atoms with E-state index in [4.69, 9.17) is 14.2 Å². The maximum Gasteiger partial charge on any atom is 0.193 e. The van der Waals surface area contributed by atoms with Gasteiger partial charge in [-0.25, -0.2) is 0 Å². The fraction of sp³-hybridized carbons (Fsp3) is 0.696. The summed E-state index contributed by atoms with van der Waals surface area (Å²) in [6, 6.07) is 8.36. The zero-order chi connectivity index (χ0) is 20.3. The van der Waals surface area contributed by atoms with Crippen LogP contribution in [0.15, 0.2) is 29.3 Å². The van der Waals surface area contributed by atoms with Crippen LogP contribution >= 0.6 is 0 Å². The molecular formula is C23H37N3O3. The van der Waals surface area contributed by atoms with Crippen LogP contribution < -0.4 is 10.1 Å². The van der Waals surface area contributed by atoms with Crippen LogP contribution in [0.3, 0.4) is 0 Å². The van der Waals surface area contributed by atoms with Crippen molar-refractivity contribution in [3.63, 3.8) is 0 Å². The van der Waals surface area contributed by atoms with Gasteiger partial charge in [-0.2, -0.15) is 0 Å². The normalized spacial score (nSPS) is 19.0. The minimum absolute atomic E-state index is 0.349. The number of nitrogens with zero attached hydrogens (tertiary/aromatic N) is 2. The summed E-state index contributed by atoms with van der Waals surface area (Å²) in [5.41, 5.74) is 1.19. The maximum atomic E-state index is 6.27. The van der Waals surface area contributed by atoms with Crippen LogP contribution in [0.25, 0.3) is 0 Å². The van der Waals surface area contributed by atoms with Crippen molar-refractivity contribution < 1.29 is 14.2 Å². The summed E-state index contributed by atoms with van der Waals surface area (Å²) in [6.45, 7) is 4.21. The van der Waals surface area contributed by atoms with Crippen molar-refractivity contribution in [1.29, 1.82) is 0 Å². The summed E-state index contributed by atoms with van der Waals surface area (Å²) in [6.07, 6.45) is 8.66. The van der Waals surface area contributed by atoms with E-state index < -0.39 is 0 Å². The lowest BCUT2D eigenvalue weighted by molar-refractivity contribution is 0.00989. The number of nitrogens with one attached hydrogen (secondary N) is 1. The van der Waals surface area contributed by atoms with E-state index in [1.54, 1.807) is 7.11 Å². The predicted molar refractivity (Wildman–Crippen MR) is 117 cm³/mol. The Kier molecular flexibility index (Phi) is 9.09. The number of rotatable bonds is 9. The van der Waals surface area contributed by atoms with Crippen molar-refractivity contribution >= 4 is 5.96 Å². The Labute approximate surface area is 175 Å². The number of benzene rings is 1. The molecule has 0 spiro atoms. The van der Waals surface area contributed by atoms with Gasteiger partial charge < -0.3 is 24.4 Å². The second-order valence-corrected chi connectivity index (χ2v) is 7.94. The van der Waals surface area contributed by atoms with E-state index in [-0.39, 0.29) is 0 Å². The molecule has 2 aliphatic rings. The summed E-state index contributed by atoms with van der Waals surface area (Å²) in [5.74, 6) is 1.96. The van der Waals surface area contributed by atoms with Gasteiger partial charge in [0, 0.05) is 52.6 Å². The Hall–Kier alpha value is -1.79. The van der Waals surface area contributed by atoms with Crippen molar-refractivity contribution in [3.05, 3.63) is 29.8 Å². The first kappa shape index (κ1) is 21.9. The number of hydrogen-bond acceptors (Lipinski definition) is 4. The number of ether oxygens (including phenoxy) is 3. The number of para-hydroxylation sites is 1. The van der Waals surface area contributed by atoms with Crippen LogP contribution in [0, 0.1) is 0 Å². The molecule has 1 aliphatic heterocycles. The molecule has 3 rings (SSSR count). The van der Waals surface area contributed by atoms with Gasteiger partial charge >= 0.3 is 0 Å². The lowest BCUT2D eigenvalue weighted by atomic mass is 10.1. The monoisotopic (exact) mass is 403 g/mol. The van der Waals surface area contributed by atoms with E-state index in [0.29, 0.717) is 12.2 Å². The summed E-state index contributed by atoms with van der Waals surface area (Å²) < 4.78 is 17.3. The van der Waals surface area contributed by atoms with Crippen molar-refractivity contribution in [2.24, 2.45) is 4.99 Å². The van der Waals surface area contributed by atoms with E-state index >= 15 is 0 Å². The van der Waals surface area contributed by atoms with Crippen LogP contribution in [-0.2, 0) is 16.0 Å². The second-order valence-electron chi connectivity index (χ2n) is 7.94. The van der Waals surface area contributed by atoms with Gasteiger partial charge in [0.05, 0.1) is 12.2 Å². The van der Waals surface area contributed by atoms with E-state index in [2.05, 4.69) is 39.5 Å². The zero-order valence-electron chi connectivity index (χ0n) is 18.1. The largest absolute Gasteiger partial charge is 0.490 e. The number of methoxy groups -OCH3 is 1. The minimum atomic E-state index is 0.349. The molecule has 2 fully saturated rings. The zero-order valence-corrected chi connectivity index (χ0v) is 18.1. The minimum Gasteiger partial charge on any atom is -0.490 e. The van der Waals surface area contributed by atoms with E-state index in [9.17, 15) is 0 Å². The Bertz CT molecular complexity index is 624. The van der Waals surface area contributed by atoms with Gasteiger partial charge in [-0.1, -0.05) is 18.2 Å². The number of guanidine groups is 1. The quantitative estimate of drug-likeness (QED) is 0.388. The number of likely N-dealkylation sites (tertiary alicyclic amines) is 1. The molecule has 6 nitrogen and oxygen atoms in total. The van der Waals surface area contributed by atoms with Crippen LogP contribution in [0.2, 0.25) is 0 Å². The highest BCUT2D eigenvalue weighted by molar-refractivity contribution is 5.80. The first-order valence-electron chi connectivity index (χ1n) is 11.1. The van der Waals surface area contributed by atoms with Gasteiger partial charge in [-0.3, -0.25) is 4.99 Å². The lowest BCUT2D eigenvalue weighted by Crippen LogP contribution is -2.46. The molecule has 1 aromatic carbocycles. The molecule has 1 heterocycles. The number of hydrogen-bond donors (Lipinski definition) is 1. The summed E-state index contributed by atoms with van der Waals surface area (Å²) >= 11 is 0. The molecule has 6 heteroatoms. The molecule has 29 heavy (non-hydrogen) atoms. The first-order chi connectivity index (χ1) is 14.3. The molecule has 0 bridgehead atoms. The Balaban J connectivity index is 1.45. The molecule has 0 amide bonds. The molecular weight excluding hydrogens is 366 g/mol. The molecule has 1 N–H and O–H groups in total. The average molecular weight is 404 g/mol. The number of piperidine rings is 1. The van der Waals surface area contributed by atoms with E-state index in [0.717, 1.165) is 63.8 Å². The van der Waals surface area contributed by atoms with Crippen molar-refractivity contribution in [2.75, 3.05) is 40.5 Å². The molecule has 0 atom stereocenters. The number of aliphatic imine (C=N–C) groups is 1. The maximum absolute atomic E-state index is 6.27. The van der Waals surface area contributed by atoms with E-state index in [1.165, 1.54) is 31.2 Å². The third-order valence-electron chi connectivity index (χ3n) is 5.81. The van der Waals surface area contributed by atoms with Crippen molar-refractivity contribution in [3.8, 4) is 5.75 Å². The fourth-order valence-corrected chi connectivity index (χ4v) is 4.14. The SMILES string of the molecule is CN=C(NCc1ccccc1OC1CCCC1)N1CCC(OCCCOC)CC1. The molecule has 162 valence electrons. The smallest absolute Gasteiger partial charge is 0.193 e. The van der Waals surface area contributed by atoms with Gasteiger partial charge in [0.15, 0.2) is 5.96 Å². The highest BCUT2D eigenvalue weighted by atomic mass is 16.5. The molecule has 0 aromatic heterocycles. The lowest BCUT2D eigenvalue weighted by Gasteiger charge is -2.34. The van der Waals surface area contributed by atoms with Gasteiger partial charge in [-0.05, 0) is 51.0 Å². The third kappa shape index (κ3) is 6.89. The third-order valence-corrected chi connectivity index (χ3v) is 5.81. The van der Waals surface area contributed by atoms with E-state index in [1.807, 2.05) is 7.05 Å². The van der Waals surface area contributed by atoms with Crippen LogP contribution in [0.4, 0.5) is 0 Å². The topological polar surface area (TPSA) is 55.3 Å². The highest BCUT2D eigenvalue weighted by Gasteiger charge is 2.22. The Morgan fingerprint density at radius 1 is 1.07 bits per heavy atom. The first-order valence-corrected chi connectivity index (χ1v) is 11.1. The highest BCUT2D eigenvalue weighted by Crippen LogP contribution is 2.26. The van der Waals surface area contributed by atoms with Crippen LogP contribution in [-0.4, -0.2) is 63.5 Å². The van der Waals surface area contributed by atoms with Crippen molar-refractivity contribution in [1.82, 2.24) is 10.2 Å². The summed E-state index contributed by atoms with van der Waals surface area (Å²) in [5, 5.41) is 3.53. The second kappa shape index (κ2) is 12.0. The summed E-state index contributed by atoms with van der Waals surface area (Å²) in [4.78, 5) is 6.83. The molecule has 1 aromatic rings. The predicted octanol–water partition coefficient (Wildman–Crippen LogP) is 3.60. The standard InChI is InChI=1S/C23H37N3O3/c1-24-23(26-14-12-20(13-15-26)28-17-7-16-27-2)25-18-19-8-3-6-11-22(19)29-21-9-4-5-10-21/h3,6,8,11,20-21H,4-5,7,9-10,12-18H2,1-2H3,(H,24,25). The van der Waals surface area contributed by atoms with Gasteiger partial charge in [0.25, 0.3) is 0 Å². The van der Waals surface area contributed by atoms with Crippen LogP contribution in [0.5, 0.6) is 5.75 Å². The van der Waals surface area contributed by atoms with Crippen LogP contribution in [0.1, 0.15) is 50.5 Å². The summed E-state index contributed by atoms with van der Waals surface area (Å²) in [7, 11) is 3.59. The molecule has 1 saturated heterocycles. The molecule has 1 saturated carbocycles. The van der Waals surface area contributed by atoms with Gasteiger partial charge in [-0.15, -0.1) is 0 Å².